The smallest absolute Gasteiger partial charge is 0.143 e. The normalized spacial score (nSPS) is 18.4. The summed E-state index contributed by atoms with van der Waals surface area (Å²) in [5, 5.41) is 120. The van der Waals surface area contributed by atoms with Crippen molar-refractivity contribution >= 4 is 23.1 Å². The molecule has 0 spiro atoms. The maximum atomic E-state index is 11.7. The number of furan rings is 1. The van der Waals surface area contributed by atoms with Crippen LogP contribution in [0.5, 0.6) is 80.5 Å². The van der Waals surface area contributed by atoms with Crippen LogP contribution in [0, 0.1) is 0 Å². The summed E-state index contributed by atoms with van der Waals surface area (Å²) in [5.74, 6) is -1.86. The van der Waals surface area contributed by atoms with Gasteiger partial charge in [-0.2, -0.15) is 0 Å². The van der Waals surface area contributed by atoms with E-state index in [2.05, 4.69) is 0 Å². The zero-order chi connectivity index (χ0) is 58.5. The third-order valence-electron chi connectivity index (χ3n) is 16.2. The molecule has 0 saturated carbocycles. The summed E-state index contributed by atoms with van der Waals surface area (Å²) in [6.07, 6.45) is 1.50. The lowest BCUT2D eigenvalue weighted by molar-refractivity contribution is 0.220. The van der Waals surface area contributed by atoms with Crippen LogP contribution in [0.1, 0.15) is 97.3 Å². The molecule has 0 fully saturated rings. The lowest BCUT2D eigenvalue weighted by Gasteiger charge is -2.26. The molecule has 420 valence electrons. The van der Waals surface area contributed by atoms with Gasteiger partial charge in [0.1, 0.15) is 110 Å². The van der Waals surface area contributed by atoms with Gasteiger partial charge in [-0.1, -0.05) is 66.7 Å². The molecule has 3 aliphatic heterocycles. The van der Waals surface area contributed by atoms with Crippen molar-refractivity contribution in [3.05, 3.63) is 249 Å². The van der Waals surface area contributed by atoms with E-state index in [0.717, 1.165) is 0 Å². The standard InChI is InChI=1S/C70H50O15/c71-42-11-3-35(4-12-42)60-64-53(65-59(33-58(64)85-70(60)41-26-50(79)30-51(80)27-41)84-67(36-5-13-43(72)14-6-36)61(65)39-22-46(75)28-47(76)23-39)19-1-34-2-20-56-54(21-34)63(69(82-56)38-9-17-45(74)18-10-38)55-31-52(81)32-57-66(55)62(40-24-48(77)29-49(78)25-40)68(83-57)37-7-15-44(73)16-8-37/h1-33,61-63,67-69,71-81H/b19-1+/t61-,62-,63-,67+,68+,69-/m0/s1. The van der Waals surface area contributed by atoms with Gasteiger partial charge in [0.15, 0.2) is 0 Å². The van der Waals surface area contributed by atoms with Gasteiger partial charge in [0.05, 0.1) is 17.8 Å². The summed E-state index contributed by atoms with van der Waals surface area (Å²) >= 11 is 0. The second-order valence-electron chi connectivity index (χ2n) is 21.6. The molecule has 0 radical (unpaired) electrons. The Balaban J connectivity index is 0.999. The number of rotatable bonds is 10. The van der Waals surface area contributed by atoms with Gasteiger partial charge in [-0.25, -0.2) is 0 Å². The van der Waals surface area contributed by atoms with Crippen molar-refractivity contribution in [1.82, 2.24) is 0 Å². The highest BCUT2D eigenvalue weighted by Gasteiger charge is 2.46. The topological polar surface area (TPSA) is 263 Å². The van der Waals surface area contributed by atoms with Crippen LogP contribution in [0.25, 0.3) is 45.6 Å². The molecule has 14 rings (SSSR count). The van der Waals surface area contributed by atoms with Gasteiger partial charge in [-0.3, -0.25) is 0 Å². The summed E-state index contributed by atoms with van der Waals surface area (Å²) in [7, 11) is 0. The van der Waals surface area contributed by atoms with Crippen LogP contribution in [0.3, 0.4) is 0 Å². The fourth-order valence-corrected chi connectivity index (χ4v) is 12.7. The van der Waals surface area contributed by atoms with Crippen molar-refractivity contribution in [2.45, 2.75) is 36.1 Å². The van der Waals surface area contributed by atoms with Gasteiger partial charge in [0, 0.05) is 63.5 Å². The molecule has 0 aliphatic carbocycles. The predicted octanol–water partition coefficient (Wildman–Crippen LogP) is 14.5. The number of hydrogen-bond donors (Lipinski definition) is 11. The number of hydrogen-bond acceptors (Lipinski definition) is 15. The molecule has 0 saturated heterocycles. The zero-order valence-electron chi connectivity index (χ0n) is 44.6. The van der Waals surface area contributed by atoms with Gasteiger partial charge < -0.3 is 74.8 Å². The number of ether oxygens (including phenoxy) is 3. The Bertz CT molecular complexity index is 4430. The third-order valence-corrected chi connectivity index (χ3v) is 16.2. The van der Waals surface area contributed by atoms with E-state index in [0.29, 0.717) is 106 Å². The minimum Gasteiger partial charge on any atom is -0.508 e. The quantitative estimate of drug-likeness (QED) is 0.0569. The van der Waals surface area contributed by atoms with Crippen molar-refractivity contribution < 1.29 is 74.8 Å². The van der Waals surface area contributed by atoms with E-state index in [1.54, 1.807) is 121 Å². The molecule has 3 aliphatic rings. The van der Waals surface area contributed by atoms with Crippen LogP contribution >= 0.6 is 0 Å². The number of aromatic hydroxyl groups is 11. The number of phenols is 11. The SMILES string of the molecule is Oc1ccc(-c2c(-c3cc(O)cc(O)c3)oc3cc4c(c(/C=C/c5ccc6c(c5)[C@@H](c5cc(O)cc7c5[C@H](c5cc(O)cc(O)c5)[C@@H](c5ccc(O)cc5)O7)[C@H](c5ccc(O)cc5)O6)c23)[C@H](c2cc(O)cc(O)c2)[C@@H](c2ccc(O)cc2)O4)cc1. The molecular weight excluding hydrogens is 1080 g/mol. The molecule has 85 heavy (non-hydrogen) atoms. The molecule has 15 heteroatoms. The first kappa shape index (κ1) is 51.8. The number of fused-ring (bicyclic) bond motifs is 4. The third kappa shape index (κ3) is 9.20. The molecule has 15 nitrogen and oxygen atoms in total. The minimum absolute atomic E-state index is 0.00379. The number of benzene rings is 10. The molecular formula is C70H50O15. The highest BCUT2D eigenvalue weighted by molar-refractivity contribution is 6.08. The van der Waals surface area contributed by atoms with Crippen molar-refractivity contribution in [3.8, 4) is 103 Å². The summed E-state index contributed by atoms with van der Waals surface area (Å²) in [6, 6.07) is 49.8. The maximum Gasteiger partial charge on any atom is 0.143 e. The summed E-state index contributed by atoms with van der Waals surface area (Å²) in [6.45, 7) is 0. The van der Waals surface area contributed by atoms with Crippen molar-refractivity contribution in [2.24, 2.45) is 0 Å². The van der Waals surface area contributed by atoms with Crippen LogP contribution < -0.4 is 14.2 Å². The largest absolute Gasteiger partial charge is 0.508 e. The van der Waals surface area contributed by atoms with Crippen LogP contribution in [0.15, 0.2) is 192 Å². The van der Waals surface area contributed by atoms with E-state index in [4.69, 9.17) is 18.6 Å². The van der Waals surface area contributed by atoms with Crippen LogP contribution in [-0.2, 0) is 0 Å². The second-order valence-corrected chi connectivity index (χ2v) is 21.6. The maximum absolute atomic E-state index is 11.7. The Labute approximate surface area is 484 Å². The molecule has 10 aromatic carbocycles. The van der Waals surface area contributed by atoms with E-state index in [1.165, 1.54) is 48.5 Å². The van der Waals surface area contributed by atoms with Gasteiger partial charge in [-0.15, -0.1) is 0 Å². The lowest BCUT2D eigenvalue weighted by Crippen LogP contribution is -2.16. The van der Waals surface area contributed by atoms with E-state index < -0.39 is 36.1 Å². The summed E-state index contributed by atoms with van der Waals surface area (Å²) in [5.41, 5.74) is 8.60. The first-order chi connectivity index (χ1) is 41.1. The highest BCUT2D eigenvalue weighted by atomic mass is 16.5. The van der Waals surface area contributed by atoms with E-state index in [-0.39, 0.29) is 69.0 Å². The first-order valence-corrected chi connectivity index (χ1v) is 27.1. The van der Waals surface area contributed by atoms with Crippen molar-refractivity contribution in [1.29, 1.82) is 0 Å². The second kappa shape index (κ2) is 20.0. The molecule has 1 aromatic heterocycles. The van der Waals surface area contributed by atoms with Gasteiger partial charge in [-0.05, 0) is 153 Å². The molecule has 6 atom stereocenters. The fraction of sp³-hybridized carbons (Fsp3) is 0.0857. The zero-order valence-corrected chi connectivity index (χ0v) is 44.6. The molecule has 4 heterocycles. The monoisotopic (exact) mass is 1130 g/mol. The Morgan fingerprint density at radius 1 is 0.306 bits per heavy atom. The number of phenolic OH excluding ortho intramolecular Hbond substituents is 11. The first-order valence-electron chi connectivity index (χ1n) is 27.1. The Morgan fingerprint density at radius 3 is 1.26 bits per heavy atom. The molecule has 11 aromatic rings. The van der Waals surface area contributed by atoms with Crippen LogP contribution in [0.2, 0.25) is 0 Å². The predicted molar refractivity (Wildman–Crippen MR) is 315 cm³/mol. The van der Waals surface area contributed by atoms with Crippen molar-refractivity contribution in [3.63, 3.8) is 0 Å². The Hall–Kier alpha value is -11.3. The molecule has 0 unspecified atom stereocenters. The molecule has 0 amide bonds. The van der Waals surface area contributed by atoms with E-state index in [1.807, 2.05) is 30.4 Å². The summed E-state index contributed by atoms with van der Waals surface area (Å²) < 4.78 is 27.5. The highest BCUT2D eigenvalue weighted by Crippen LogP contribution is 2.60. The van der Waals surface area contributed by atoms with Crippen LogP contribution in [0.4, 0.5) is 0 Å². The molecule has 11 N–H and O–H groups in total. The van der Waals surface area contributed by atoms with Crippen molar-refractivity contribution in [2.75, 3.05) is 0 Å². The van der Waals surface area contributed by atoms with E-state index in [9.17, 15) is 56.2 Å². The van der Waals surface area contributed by atoms with E-state index >= 15 is 0 Å². The summed E-state index contributed by atoms with van der Waals surface area (Å²) in [4.78, 5) is 0. The average molecular weight is 1130 g/mol. The minimum atomic E-state index is -0.793. The van der Waals surface area contributed by atoms with Gasteiger partial charge >= 0.3 is 0 Å². The van der Waals surface area contributed by atoms with Crippen LogP contribution in [-0.4, -0.2) is 56.2 Å². The lowest BCUT2D eigenvalue weighted by atomic mass is 9.76. The van der Waals surface area contributed by atoms with Gasteiger partial charge in [0.25, 0.3) is 0 Å². The average Bonchev–Trinajstić information content (AvgIpc) is 1.93. The fourth-order valence-electron chi connectivity index (χ4n) is 12.7. The Morgan fingerprint density at radius 2 is 0.741 bits per heavy atom. The molecule has 0 bridgehead atoms. The van der Waals surface area contributed by atoms with Gasteiger partial charge in [0.2, 0.25) is 0 Å². The Kier molecular flexibility index (Phi) is 12.2.